The summed E-state index contributed by atoms with van der Waals surface area (Å²) in [7, 11) is -0.398. The molecule has 0 amide bonds. The quantitative estimate of drug-likeness (QED) is 0.507. The zero-order valence-electron chi connectivity index (χ0n) is 16.7. The number of nitrogens with one attached hydrogen (secondary N) is 2. The van der Waals surface area contributed by atoms with E-state index < -0.39 is 7.12 Å². The smallest absolute Gasteiger partial charge is 0.399 e. The minimum absolute atomic E-state index is 0.368. The lowest BCUT2D eigenvalue weighted by Gasteiger charge is -2.32. The third-order valence-electron chi connectivity index (χ3n) is 5.76. The molecule has 4 rings (SSSR count). The molecular formula is C23H25BN2O2. The molecule has 4 nitrogen and oxygen atoms in total. The highest BCUT2D eigenvalue weighted by Crippen LogP contribution is 2.36. The van der Waals surface area contributed by atoms with Gasteiger partial charge in [0.15, 0.2) is 0 Å². The van der Waals surface area contributed by atoms with E-state index in [9.17, 15) is 0 Å². The average molecular weight is 372 g/mol. The molecule has 28 heavy (non-hydrogen) atoms. The molecule has 0 spiro atoms. The molecule has 3 aromatic rings. The van der Waals surface area contributed by atoms with Crippen LogP contribution in [0.3, 0.4) is 0 Å². The average Bonchev–Trinajstić information content (AvgIpc) is 2.89. The minimum atomic E-state index is -0.398. The highest BCUT2D eigenvalue weighted by atomic mass is 16.7. The van der Waals surface area contributed by atoms with E-state index in [-0.39, 0.29) is 11.2 Å². The van der Waals surface area contributed by atoms with Gasteiger partial charge < -0.3 is 20.0 Å². The molecular weight excluding hydrogens is 347 g/mol. The molecule has 0 aliphatic carbocycles. The maximum Gasteiger partial charge on any atom is 0.494 e. The molecule has 0 unspecified atom stereocenters. The van der Waals surface area contributed by atoms with E-state index in [1.165, 1.54) is 6.21 Å². The van der Waals surface area contributed by atoms with Crippen LogP contribution in [0.15, 0.2) is 60.7 Å². The van der Waals surface area contributed by atoms with E-state index in [2.05, 4.69) is 51.2 Å². The largest absolute Gasteiger partial charge is 0.494 e. The van der Waals surface area contributed by atoms with E-state index in [0.717, 1.165) is 33.2 Å². The van der Waals surface area contributed by atoms with Crippen molar-refractivity contribution in [3.05, 3.63) is 66.2 Å². The van der Waals surface area contributed by atoms with Crippen molar-refractivity contribution in [2.75, 3.05) is 5.32 Å². The van der Waals surface area contributed by atoms with Gasteiger partial charge in [0.1, 0.15) is 0 Å². The molecule has 0 aromatic heterocycles. The fourth-order valence-corrected chi connectivity index (χ4v) is 3.38. The molecule has 1 heterocycles. The van der Waals surface area contributed by atoms with Gasteiger partial charge in [0.05, 0.1) is 11.2 Å². The first-order valence-corrected chi connectivity index (χ1v) is 9.55. The Balaban J connectivity index is 1.64. The van der Waals surface area contributed by atoms with Gasteiger partial charge in [-0.25, -0.2) is 0 Å². The van der Waals surface area contributed by atoms with Gasteiger partial charge in [-0.2, -0.15) is 0 Å². The van der Waals surface area contributed by atoms with Crippen LogP contribution in [-0.2, 0) is 9.31 Å². The molecule has 0 atom stereocenters. The van der Waals surface area contributed by atoms with E-state index >= 15 is 0 Å². The highest BCUT2D eigenvalue weighted by molar-refractivity contribution is 6.62. The normalized spacial score (nSPS) is 17.6. The van der Waals surface area contributed by atoms with Crippen LogP contribution in [0.1, 0.15) is 33.3 Å². The molecule has 1 saturated heterocycles. The molecule has 1 aliphatic heterocycles. The maximum atomic E-state index is 7.79. The Hall–Kier alpha value is -2.63. The molecule has 0 radical (unpaired) electrons. The summed E-state index contributed by atoms with van der Waals surface area (Å²) in [5, 5.41) is 13.5. The third kappa shape index (κ3) is 3.32. The Labute approximate surface area is 166 Å². The molecule has 142 valence electrons. The predicted octanol–water partition coefficient (Wildman–Crippen LogP) is 4.88. The second kappa shape index (κ2) is 6.76. The van der Waals surface area contributed by atoms with Crippen LogP contribution in [-0.4, -0.2) is 24.5 Å². The number of rotatable bonds is 4. The summed E-state index contributed by atoms with van der Waals surface area (Å²) < 4.78 is 12.3. The van der Waals surface area contributed by atoms with Crippen molar-refractivity contribution >= 4 is 40.9 Å². The predicted molar refractivity (Wildman–Crippen MR) is 117 cm³/mol. The van der Waals surface area contributed by atoms with Gasteiger partial charge in [-0.1, -0.05) is 36.4 Å². The lowest BCUT2D eigenvalue weighted by Crippen LogP contribution is -2.41. The second-order valence-corrected chi connectivity index (χ2v) is 8.27. The van der Waals surface area contributed by atoms with E-state index in [1.807, 2.05) is 42.5 Å². The van der Waals surface area contributed by atoms with Crippen LogP contribution in [0.25, 0.3) is 10.8 Å². The molecule has 0 saturated carbocycles. The topological polar surface area (TPSA) is 54.3 Å². The number of benzene rings is 3. The Morgan fingerprint density at radius 1 is 0.857 bits per heavy atom. The molecule has 2 N–H and O–H groups in total. The number of hydrogen-bond acceptors (Lipinski definition) is 4. The van der Waals surface area contributed by atoms with E-state index in [1.54, 1.807) is 0 Å². The Morgan fingerprint density at radius 3 is 2.14 bits per heavy atom. The van der Waals surface area contributed by atoms with Crippen molar-refractivity contribution in [2.45, 2.75) is 38.9 Å². The van der Waals surface area contributed by atoms with Gasteiger partial charge in [-0.05, 0) is 68.2 Å². The van der Waals surface area contributed by atoms with Gasteiger partial charge in [0.25, 0.3) is 0 Å². The van der Waals surface area contributed by atoms with Crippen LogP contribution in [0.5, 0.6) is 0 Å². The molecule has 1 fully saturated rings. The molecule has 3 aromatic carbocycles. The lowest BCUT2D eigenvalue weighted by molar-refractivity contribution is 0.00578. The molecule has 5 heteroatoms. The van der Waals surface area contributed by atoms with Gasteiger partial charge >= 0.3 is 7.12 Å². The van der Waals surface area contributed by atoms with Crippen molar-refractivity contribution in [1.82, 2.24) is 0 Å². The van der Waals surface area contributed by atoms with Crippen molar-refractivity contribution in [3.8, 4) is 0 Å². The first-order chi connectivity index (χ1) is 13.3. The van der Waals surface area contributed by atoms with Crippen LogP contribution in [0.4, 0.5) is 11.4 Å². The fraction of sp³-hybridized carbons (Fsp3) is 0.261. The molecule has 1 aliphatic rings. The zero-order valence-corrected chi connectivity index (χ0v) is 16.7. The Morgan fingerprint density at radius 2 is 1.50 bits per heavy atom. The van der Waals surface area contributed by atoms with Crippen LogP contribution >= 0.6 is 0 Å². The van der Waals surface area contributed by atoms with E-state index in [0.29, 0.717) is 0 Å². The monoisotopic (exact) mass is 372 g/mol. The SMILES string of the molecule is CC1(C)OB(c2cccc(Nc3cc4ccccc4cc3C=N)c2)OC1(C)C. The fourth-order valence-electron chi connectivity index (χ4n) is 3.38. The highest BCUT2D eigenvalue weighted by Gasteiger charge is 2.51. The van der Waals surface area contributed by atoms with Crippen LogP contribution in [0, 0.1) is 5.41 Å². The van der Waals surface area contributed by atoms with Crippen molar-refractivity contribution in [2.24, 2.45) is 0 Å². The summed E-state index contributed by atoms with van der Waals surface area (Å²) in [6.45, 7) is 8.22. The summed E-state index contributed by atoms with van der Waals surface area (Å²) in [6.07, 6.45) is 1.38. The lowest BCUT2D eigenvalue weighted by atomic mass is 9.79. The third-order valence-corrected chi connectivity index (χ3v) is 5.76. The Bertz CT molecular complexity index is 1030. The zero-order chi connectivity index (χ0) is 19.9. The van der Waals surface area contributed by atoms with Gasteiger partial charge in [-0.3, -0.25) is 0 Å². The number of fused-ring (bicyclic) bond motifs is 1. The summed E-state index contributed by atoms with van der Waals surface area (Å²) in [5.41, 5.74) is 2.92. The maximum absolute atomic E-state index is 7.79. The summed E-state index contributed by atoms with van der Waals surface area (Å²) in [6, 6.07) is 20.4. The van der Waals surface area contributed by atoms with Crippen molar-refractivity contribution < 1.29 is 9.31 Å². The van der Waals surface area contributed by atoms with Crippen LogP contribution < -0.4 is 10.8 Å². The first-order valence-electron chi connectivity index (χ1n) is 9.55. The number of hydrogen-bond donors (Lipinski definition) is 2. The summed E-state index contributed by atoms with van der Waals surface area (Å²) >= 11 is 0. The van der Waals surface area contributed by atoms with Gasteiger partial charge in [0, 0.05) is 23.2 Å². The molecule has 0 bridgehead atoms. The number of anilines is 2. The van der Waals surface area contributed by atoms with E-state index in [4.69, 9.17) is 14.7 Å². The van der Waals surface area contributed by atoms with Crippen molar-refractivity contribution in [1.29, 1.82) is 5.41 Å². The summed E-state index contributed by atoms with van der Waals surface area (Å²) in [4.78, 5) is 0. The second-order valence-electron chi connectivity index (χ2n) is 8.27. The van der Waals surface area contributed by atoms with Gasteiger partial charge in [0.2, 0.25) is 0 Å². The standard InChI is InChI=1S/C23H25BN2O2/c1-22(2)23(3,4)28-24(27-22)19-10-7-11-20(14-19)26-21-13-17-9-6-5-8-16(17)12-18(21)15-25/h5-15,25-26H,1-4H3. The summed E-state index contributed by atoms with van der Waals surface area (Å²) in [5.74, 6) is 0. The minimum Gasteiger partial charge on any atom is -0.399 e. The van der Waals surface area contributed by atoms with Crippen LogP contribution in [0.2, 0.25) is 0 Å². The first kappa shape index (κ1) is 18.7. The van der Waals surface area contributed by atoms with Crippen molar-refractivity contribution in [3.63, 3.8) is 0 Å². The van der Waals surface area contributed by atoms with Gasteiger partial charge in [-0.15, -0.1) is 0 Å². The Kier molecular flexibility index (Phi) is 4.52.